The van der Waals surface area contributed by atoms with Gasteiger partial charge in [-0.3, -0.25) is 14.7 Å². The molecule has 0 aliphatic rings. The first-order valence-corrected chi connectivity index (χ1v) is 5.77. The van der Waals surface area contributed by atoms with Gasteiger partial charge >= 0.3 is 0 Å². The third kappa shape index (κ3) is 2.02. The van der Waals surface area contributed by atoms with Crippen LogP contribution in [0, 0.1) is 10.1 Å². The van der Waals surface area contributed by atoms with Crippen molar-refractivity contribution < 1.29 is 4.92 Å². The highest BCUT2D eigenvalue weighted by atomic mass is 35.5. The molecule has 94 valence electrons. The van der Waals surface area contributed by atoms with Crippen LogP contribution in [0.3, 0.4) is 0 Å². The summed E-state index contributed by atoms with van der Waals surface area (Å²) in [4.78, 5) is 18.6. The van der Waals surface area contributed by atoms with Gasteiger partial charge in [0.25, 0.3) is 5.69 Å². The predicted octanol–water partition coefficient (Wildman–Crippen LogP) is 2.98. The van der Waals surface area contributed by atoms with Gasteiger partial charge in [-0.15, -0.1) is 0 Å². The second-order valence-corrected chi connectivity index (χ2v) is 4.25. The van der Waals surface area contributed by atoms with Crippen molar-refractivity contribution in [2.75, 3.05) is 0 Å². The number of rotatable bonds is 2. The Labute approximate surface area is 112 Å². The Morgan fingerprint density at radius 1 is 1.26 bits per heavy atom. The van der Waals surface area contributed by atoms with E-state index in [9.17, 15) is 10.1 Å². The minimum atomic E-state index is -0.504. The van der Waals surface area contributed by atoms with Gasteiger partial charge in [0.15, 0.2) is 0 Å². The maximum Gasteiger partial charge on any atom is 0.276 e. The summed E-state index contributed by atoms with van der Waals surface area (Å²) in [5.74, 6) is 0.368. The van der Waals surface area contributed by atoms with Crippen molar-refractivity contribution in [3.63, 3.8) is 0 Å². The normalized spacial score (nSPS) is 10.8. The lowest BCUT2D eigenvalue weighted by molar-refractivity contribution is -0.384. The molecule has 0 unspecified atom stereocenters. The molecule has 0 N–H and O–H groups in total. The third-order valence-corrected chi connectivity index (χ3v) is 2.87. The van der Waals surface area contributed by atoms with Gasteiger partial charge in [-0.1, -0.05) is 23.7 Å². The topological polar surface area (TPSA) is 73.8 Å². The molecule has 3 rings (SSSR count). The average Bonchev–Trinajstić information content (AvgIpc) is 2.81. The van der Waals surface area contributed by atoms with Crippen LogP contribution in [0.25, 0.3) is 16.9 Å². The molecule has 0 bridgehead atoms. The maximum atomic E-state index is 10.8. The SMILES string of the molecule is O=[N+]([O-])c1cc(Cl)nc(-n2cnc3ccccc32)c1. The van der Waals surface area contributed by atoms with Crippen molar-refractivity contribution in [1.82, 2.24) is 14.5 Å². The molecule has 0 atom stereocenters. The van der Waals surface area contributed by atoms with E-state index < -0.39 is 4.92 Å². The highest BCUT2D eigenvalue weighted by Gasteiger charge is 2.13. The highest BCUT2D eigenvalue weighted by molar-refractivity contribution is 6.29. The fourth-order valence-corrected chi connectivity index (χ4v) is 2.04. The van der Waals surface area contributed by atoms with Crippen LogP contribution in [0.2, 0.25) is 5.15 Å². The van der Waals surface area contributed by atoms with Crippen LogP contribution < -0.4 is 0 Å². The lowest BCUT2D eigenvalue weighted by Crippen LogP contribution is -1.98. The zero-order chi connectivity index (χ0) is 13.4. The summed E-state index contributed by atoms with van der Waals surface area (Å²) in [6.45, 7) is 0. The molecule has 0 amide bonds. The predicted molar refractivity (Wildman–Crippen MR) is 70.5 cm³/mol. The maximum absolute atomic E-state index is 10.8. The quantitative estimate of drug-likeness (QED) is 0.409. The zero-order valence-electron chi connectivity index (χ0n) is 9.52. The Kier molecular flexibility index (Phi) is 2.64. The summed E-state index contributed by atoms with van der Waals surface area (Å²) in [7, 11) is 0. The Balaban J connectivity index is 2.24. The van der Waals surface area contributed by atoms with Crippen LogP contribution in [0.1, 0.15) is 0 Å². The molecular formula is C12H7ClN4O2. The molecule has 2 heterocycles. The number of nitro groups is 1. The molecule has 0 aliphatic carbocycles. The van der Waals surface area contributed by atoms with E-state index in [0.717, 1.165) is 11.0 Å². The lowest BCUT2D eigenvalue weighted by Gasteiger charge is -2.03. The summed E-state index contributed by atoms with van der Waals surface area (Å²) in [6.07, 6.45) is 1.56. The number of fused-ring (bicyclic) bond motifs is 1. The van der Waals surface area contributed by atoms with Gasteiger partial charge in [-0.2, -0.15) is 0 Å². The van der Waals surface area contributed by atoms with E-state index in [1.54, 1.807) is 10.9 Å². The molecule has 0 fully saturated rings. The second-order valence-electron chi connectivity index (χ2n) is 3.87. The van der Waals surface area contributed by atoms with E-state index in [0.29, 0.717) is 5.82 Å². The highest BCUT2D eigenvalue weighted by Crippen LogP contribution is 2.22. The lowest BCUT2D eigenvalue weighted by atomic mass is 10.3. The summed E-state index contributed by atoms with van der Waals surface area (Å²) < 4.78 is 1.66. The van der Waals surface area contributed by atoms with Gasteiger partial charge < -0.3 is 0 Å². The number of benzene rings is 1. The molecule has 0 aliphatic heterocycles. The Morgan fingerprint density at radius 2 is 2.05 bits per heavy atom. The van der Waals surface area contributed by atoms with Crippen molar-refractivity contribution in [2.45, 2.75) is 0 Å². The first-order valence-electron chi connectivity index (χ1n) is 5.39. The van der Waals surface area contributed by atoms with Crippen molar-refractivity contribution >= 4 is 28.3 Å². The van der Waals surface area contributed by atoms with E-state index in [-0.39, 0.29) is 10.8 Å². The largest absolute Gasteiger partial charge is 0.283 e. The third-order valence-electron chi connectivity index (χ3n) is 2.68. The van der Waals surface area contributed by atoms with Crippen LogP contribution in [0.4, 0.5) is 5.69 Å². The molecule has 3 aromatic rings. The van der Waals surface area contributed by atoms with Crippen LogP contribution in [-0.2, 0) is 0 Å². The monoisotopic (exact) mass is 274 g/mol. The molecule has 0 saturated carbocycles. The second kappa shape index (κ2) is 4.33. The first-order chi connectivity index (χ1) is 9.15. The number of para-hydroxylation sites is 2. The van der Waals surface area contributed by atoms with Crippen LogP contribution >= 0.6 is 11.6 Å². The van der Waals surface area contributed by atoms with Crippen molar-refractivity contribution in [3.05, 3.63) is 58.0 Å². The Morgan fingerprint density at radius 3 is 2.84 bits per heavy atom. The van der Waals surface area contributed by atoms with Gasteiger partial charge in [-0.05, 0) is 12.1 Å². The first kappa shape index (κ1) is 11.6. The number of imidazole rings is 1. The molecule has 1 aromatic carbocycles. The molecule has 6 nitrogen and oxygen atoms in total. The van der Waals surface area contributed by atoms with Gasteiger partial charge in [0.05, 0.1) is 28.1 Å². The number of halogens is 1. The van der Waals surface area contributed by atoms with Crippen LogP contribution in [0.15, 0.2) is 42.7 Å². The van der Waals surface area contributed by atoms with Crippen LogP contribution in [0.5, 0.6) is 0 Å². The molecule has 0 spiro atoms. The number of hydrogen-bond acceptors (Lipinski definition) is 4. The van der Waals surface area contributed by atoms with Gasteiger partial charge in [0.2, 0.25) is 0 Å². The standard InChI is InChI=1S/C12H7ClN4O2/c13-11-5-8(17(18)19)6-12(15-11)16-7-14-9-3-1-2-4-10(9)16/h1-7H. The fourth-order valence-electron chi connectivity index (χ4n) is 1.84. The summed E-state index contributed by atoms with van der Waals surface area (Å²) in [5, 5.41) is 10.9. The molecule has 2 aromatic heterocycles. The van der Waals surface area contributed by atoms with Crippen molar-refractivity contribution in [2.24, 2.45) is 0 Å². The van der Waals surface area contributed by atoms with Gasteiger partial charge in [-0.25, -0.2) is 9.97 Å². The number of nitrogens with zero attached hydrogens (tertiary/aromatic N) is 4. The molecule has 0 saturated heterocycles. The minimum Gasteiger partial charge on any atom is -0.283 e. The minimum absolute atomic E-state index is 0.0713. The molecule has 7 heteroatoms. The Bertz CT molecular complexity index is 784. The van der Waals surface area contributed by atoms with Gasteiger partial charge in [0, 0.05) is 0 Å². The van der Waals surface area contributed by atoms with E-state index in [1.165, 1.54) is 12.1 Å². The summed E-state index contributed by atoms with van der Waals surface area (Å²) >= 11 is 5.81. The summed E-state index contributed by atoms with van der Waals surface area (Å²) in [5.41, 5.74) is 1.49. The Hall–Kier alpha value is -2.47. The van der Waals surface area contributed by atoms with E-state index in [1.807, 2.05) is 24.3 Å². The zero-order valence-corrected chi connectivity index (χ0v) is 10.3. The molecule has 19 heavy (non-hydrogen) atoms. The fraction of sp³-hybridized carbons (Fsp3) is 0. The van der Waals surface area contributed by atoms with Crippen molar-refractivity contribution in [3.8, 4) is 5.82 Å². The smallest absolute Gasteiger partial charge is 0.276 e. The summed E-state index contributed by atoms with van der Waals surface area (Å²) in [6, 6.07) is 10.0. The number of hydrogen-bond donors (Lipinski definition) is 0. The van der Waals surface area contributed by atoms with Gasteiger partial charge in [0.1, 0.15) is 17.3 Å². The van der Waals surface area contributed by atoms with Crippen LogP contribution in [-0.4, -0.2) is 19.5 Å². The molecular weight excluding hydrogens is 268 g/mol. The van der Waals surface area contributed by atoms with E-state index >= 15 is 0 Å². The van der Waals surface area contributed by atoms with E-state index in [4.69, 9.17) is 11.6 Å². The molecule has 0 radical (unpaired) electrons. The average molecular weight is 275 g/mol. The number of pyridine rings is 1. The van der Waals surface area contributed by atoms with E-state index in [2.05, 4.69) is 9.97 Å². The number of aromatic nitrogens is 3. The van der Waals surface area contributed by atoms with Crippen molar-refractivity contribution in [1.29, 1.82) is 0 Å².